The number of aromatic nitrogens is 3. The zero-order chi connectivity index (χ0) is 11.0. The SMILES string of the molecule is CNc1nnc(-c2cc(Br)sc2Br)n1C. The van der Waals surface area contributed by atoms with Gasteiger partial charge in [0, 0.05) is 19.7 Å². The number of hydrogen-bond donors (Lipinski definition) is 1. The fraction of sp³-hybridized carbons (Fsp3) is 0.250. The molecule has 2 aromatic heterocycles. The van der Waals surface area contributed by atoms with Crippen molar-refractivity contribution >= 4 is 49.1 Å². The molecule has 2 aromatic rings. The Morgan fingerprint density at radius 3 is 2.60 bits per heavy atom. The molecule has 0 atom stereocenters. The molecule has 7 heteroatoms. The van der Waals surface area contributed by atoms with Crippen LogP contribution in [0.25, 0.3) is 11.4 Å². The van der Waals surface area contributed by atoms with E-state index in [0.29, 0.717) is 0 Å². The lowest BCUT2D eigenvalue weighted by molar-refractivity contribution is 0.925. The molecule has 0 aliphatic rings. The average Bonchev–Trinajstić information content (AvgIpc) is 2.69. The van der Waals surface area contributed by atoms with Crippen LogP contribution in [0.2, 0.25) is 0 Å². The first-order valence-corrected chi connectivity index (χ1v) is 6.56. The molecule has 15 heavy (non-hydrogen) atoms. The van der Waals surface area contributed by atoms with E-state index in [-0.39, 0.29) is 0 Å². The standard InChI is InChI=1S/C8H8Br2N4S/c1-11-8-13-12-7(14(8)2)4-3-5(9)15-6(4)10/h3H,1-2H3,(H,11,13). The van der Waals surface area contributed by atoms with Crippen LogP contribution in [0.1, 0.15) is 0 Å². The summed E-state index contributed by atoms with van der Waals surface area (Å²) in [4.78, 5) is 0. The van der Waals surface area contributed by atoms with Gasteiger partial charge in [-0.25, -0.2) is 0 Å². The quantitative estimate of drug-likeness (QED) is 0.903. The van der Waals surface area contributed by atoms with Gasteiger partial charge in [-0.3, -0.25) is 4.57 Å². The zero-order valence-electron chi connectivity index (χ0n) is 8.08. The number of rotatable bonds is 2. The number of hydrogen-bond acceptors (Lipinski definition) is 4. The highest BCUT2D eigenvalue weighted by molar-refractivity contribution is 9.12. The van der Waals surface area contributed by atoms with Gasteiger partial charge in [-0.15, -0.1) is 21.5 Å². The lowest BCUT2D eigenvalue weighted by atomic mass is 10.3. The van der Waals surface area contributed by atoms with Crippen LogP contribution in [0, 0.1) is 0 Å². The van der Waals surface area contributed by atoms with Gasteiger partial charge in [-0.2, -0.15) is 0 Å². The number of anilines is 1. The molecule has 0 unspecified atom stereocenters. The van der Waals surface area contributed by atoms with Crippen molar-refractivity contribution < 1.29 is 0 Å². The van der Waals surface area contributed by atoms with Crippen molar-refractivity contribution in [1.29, 1.82) is 0 Å². The predicted molar refractivity (Wildman–Crippen MR) is 69.3 cm³/mol. The topological polar surface area (TPSA) is 42.7 Å². The minimum absolute atomic E-state index is 0.749. The maximum Gasteiger partial charge on any atom is 0.224 e. The molecule has 0 aliphatic carbocycles. The minimum atomic E-state index is 0.749. The van der Waals surface area contributed by atoms with E-state index in [1.165, 1.54) is 0 Å². The summed E-state index contributed by atoms with van der Waals surface area (Å²) in [5, 5.41) is 11.1. The summed E-state index contributed by atoms with van der Waals surface area (Å²) in [6.45, 7) is 0. The van der Waals surface area contributed by atoms with Gasteiger partial charge in [0.05, 0.1) is 7.57 Å². The molecule has 80 valence electrons. The summed E-state index contributed by atoms with van der Waals surface area (Å²) < 4.78 is 4.03. The molecule has 0 radical (unpaired) electrons. The summed E-state index contributed by atoms with van der Waals surface area (Å²) in [5.74, 6) is 1.59. The van der Waals surface area contributed by atoms with Crippen LogP contribution in [0.3, 0.4) is 0 Å². The van der Waals surface area contributed by atoms with Crippen molar-refractivity contribution in [1.82, 2.24) is 14.8 Å². The van der Waals surface area contributed by atoms with Crippen LogP contribution in [0.15, 0.2) is 13.6 Å². The molecule has 0 amide bonds. The van der Waals surface area contributed by atoms with Gasteiger partial charge >= 0.3 is 0 Å². The molecule has 1 N–H and O–H groups in total. The van der Waals surface area contributed by atoms with Crippen LogP contribution < -0.4 is 5.32 Å². The second-order valence-electron chi connectivity index (χ2n) is 2.89. The fourth-order valence-electron chi connectivity index (χ4n) is 1.27. The first kappa shape index (κ1) is 11.1. The van der Waals surface area contributed by atoms with Gasteiger partial charge in [0.1, 0.15) is 0 Å². The Kier molecular flexibility index (Phi) is 3.13. The fourth-order valence-corrected chi connectivity index (χ4v) is 4.06. The molecule has 2 rings (SSSR count). The van der Waals surface area contributed by atoms with E-state index in [1.807, 2.05) is 24.7 Å². The molecule has 0 fully saturated rings. The molecule has 0 aromatic carbocycles. The largest absolute Gasteiger partial charge is 0.357 e. The molecule has 0 aliphatic heterocycles. The van der Waals surface area contributed by atoms with Crippen LogP contribution in [0.5, 0.6) is 0 Å². The van der Waals surface area contributed by atoms with Crippen LogP contribution in [-0.4, -0.2) is 21.8 Å². The zero-order valence-corrected chi connectivity index (χ0v) is 12.1. The van der Waals surface area contributed by atoms with Crippen molar-refractivity contribution in [2.24, 2.45) is 7.05 Å². The molecule has 0 spiro atoms. The summed E-state index contributed by atoms with van der Waals surface area (Å²) in [7, 11) is 3.76. The Bertz CT molecular complexity index is 491. The molecule has 0 saturated heterocycles. The van der Waals surface area contributed by atoms with E-state index in [0.717, 1.165) is 24.9 Å². The number of nitrogens with one attached hydrogen (secondary N) is 1. The maximum atomic E-state index is 4.14. The van der Waals surface area contributed by atoms with Crippen molar-refractivity contribution in [2.75, 3.05) is 12.4 Å². The molecule has 2 heterocycles. The van der Waals surface area contributed by atoms with E-state index in [2.05, 4.69) is 47.4 Å². The normalized spacial score (nSPS) is 10.7. The van der Waals surface area contributed by atoms with Crippen molar-refractivity contribution in [3.8, 4) is 11.4 Å². The summed E-state index contributed by atoms with van der Waals surface area (Å²) in [6, 6.07) is 2.03. The third-order valence-corrected chi connectivity index (χ3v) is 4.34. The van der Waals surface area contributed by atoms with Crippen molar-refractivity contribution in [3.05, 3.63) is 13.6 Å². The summed E-state index contributed by atoms with van der Waals surface area (Å²) in [6.07, 6.45) is 0. The predicted octanol–water partition coefficient (Wildman–Crippen LogP) is 3.11. The van der Waals surface area contributed by atoms with Crippen molar-refractivity contribution in [2.45, 2.75) is 0 Å². The Morgan fingerprint density at radius 2 is 2.13 bits per heavy atom. The highest BCUT2D eigenvalue weighted by atomic mass is 79.9. The number of nitrogens with zero attached hydrogens (tertiary/aromatic N) is 3. The first-order valence-electron chi connectivity index (χ1n) is 4.16. The van der Waals surface area contributed by atoms with Gasteiger partial charge < -0.3 is 5.32 Å². The third kappa shape index (κ3) is 1.95. The minimum Gasteiger partial charge on any atom is -0.357 e. The van der Waals surface area contributed by atoms with Crippen LogP contribution in [0.4, 0.5) is 5.95 Å². The Morgan fingerprint density at radius 1 is 1.40 bits per heavy atom. The molecular formula is C8H8Br2N4S. The molecule has 4 nitrogen and oxygen atoms in total. The highest BCUT2D eigenvalue weighted by Gasteiger charge is 2.14. The van der Waals surface area contributed by atoms with Crippen LogP contribution >= 0.6 is 43.2 Å². The molecular weight excluding hydrogens is 344 g/mol. The molecule has 0 bridgehead atoms. The maximum absolute atomic E-state index is 4.14. The van der Waals surface area contributed by atoms with E-state index >= 15 is 0 Å². The van der Waals surface area contributed by atoms with Gasteiger partial charge in [0.15, 0.2) is 5.82 Å². The van der Waals surface area contributed by atoms with E-state index in [9.17, 15) is 0 Å². The number of halogens is 2. The second kappa shape index (κ2) is 4.23. The third-order valence-electron chi connectivity index (χ3n) is 2.00. The Labute approximate surface area is 108 Å². The van der Waals surface area contributed by atoms with Gasteiger partial charge in [-0.05, 0) is 37.9 Å². The van der Waals surface area contributed by atoms with Crippen molar-refractivity contribution in [3.63, 3.8) is 0 Å². The highest BCUT2D eigenvalue weighted by Crippen LogP contribution is 2.37. The van der Waals surface area contributed by atoms with E-state index in [1.54, 1.807) is 11.3 Å². The van der Waals surface area contributed by atoms with E-state index < -0.39 is 0 Å². The van der Waals surface area contributed by atoms with Gasteiger partial charge in [0.2, 0.25) is 5.95 Å². The molecule has 0 saturated carbocycles. The van der Waals surface area contributed by atoms with Gasteiger partial charge in [-0.1, -0.05) is 0 Å². The Hall–Kier alpha value is -0.400. The van der Waals surface area contributed by atoms with E-state index in [4.69, 9.17) is 0 Å². The summed E-state index contributed by atoms with van der Waals surface area (Å²) >= 11 is 8.57. The smallest absolute Gasteiger partial charge is 0.224 e. The lowest BCUT2D eigenvalue weighted by Crippen LogP contribution is -1.99. The lowest BCUT2D eigenvalue weighted by Gasteiger charge is -2.01. The monoisotopic (exact) mass is 350 g/mol. The number of thiophene rings is 1. The first-order chi connectivity index (χ1) is 7.13. The summed E-state index contributed by atoms with van der Waals surface area (Å²) in [5.41, 5.74) is 1.04. The average molecular weight is 352 g/mol. The van der Waals surface area contributed by atoms with Gasteiger partial charge in [0.25, 0.3) is 0 Å². The Balaban J connectivity index is 2.54. The second-order valence-corrected chi connectivity index (χ2v) is 6.64. The van der Waals surface area contributed by atoms with Crippen LogP contribution in [-0.2, 0) is 7.05 Å².